The third-order valence-electron chi connectivity index (χ3n) is 1.23. The molecule has 0 aromatic rings. The SMILES string of the molecule is CC1(C)OC=C(C(=O)Cl)C(=O)O1. The van der Waals surface area contributed by atoms with Crippen LogP contribution >= 0.6 is 11.6 Å². The largest absolute Gasteiger partial charge is 0.459 e. The van der Waals surface area contributed by atoms with Gasteiger partial charge in [-0.15, -0.1) is 0 Å². The van der Waals surface area contributed by atoms with Crippen LogP contribution in [0.4, 0.5) is 0 Å². The highest BCUT2D eigenvalue weighted by Gasteiger charge is 2.33. The van der Waals surface area contributed by atoms with Gasteiger partial charge in [0.2, 0.25) is 5.79 Å². The van der Waals surface area contributed by atoms with E-state index < -0.39 is 17.0 Å². The van der Waals surface area contributed by atoms with E-state index in [1.807, 2.05) is 0 Å². The second-order valence-corrected chi connectivity index (χ2v) is 3.06. The zero-order valence-electron chi connectivity index (χ0n) is 6.59. The van der Waals surface area contributed by atoms with Crippen LogP contribution in [0, 0.1) is 0 Å². The maximum atomic E-state index is 11.0. The fourth-order valence-corrected chi connectivity index (χ4v) is 0.799. The molecule has 0 spiro atoms. The van der Waals surface area contributed by atoms with Crippen molar-refractivity contribution >= 4 is 22.8 Å². The zero-order valence-corrected chi connectivity index (χ0v) is 7.34. The van der Waals surface area contributed by atoms with Crippen LogP contribution in [0.15, 0.2) is 11.8 Å². The maximum absolute atomic E-state index is 11.0. The van der Waals surface area contributed by atoms with Crippen LogP contribution < -0.4 is 0 Å². The molecule has 1 aliphatic rings. The van der Waals surface area contributed by atoms with E-state index in [1.165, 1.54) is 0 Å². The van der Waals surface area contributed by atoms with Crippen LogP contribution in [0.3, 0.4) is 0 Å². The van der Waals surface area contributed by atoms with Gasteiger partial charge in [-0.3, -0.25) is 4.79 Å². The number of halogens is 1. The van der Waals surface area contributed by atoms with Crippen LogP contribution in [0.1, 0.15) is 13.8 Å². The van der Waals surface area contributed by atoms with E-state index >= 15 is 0 Å². The molecule has 0 atom stereocenters. The van der Waals surface area contributed by atoms with Gasteiger partial charge in [0.15, 0.2) is 5.57 Å². The van der Waals surface area contributed by atoms with Crippen LogP contribution in [0.25, 0.3) is 0 Å². The molecule has 0 aromatic carbocycles. The molecule has 0 aliphatic carbocycles. The summed E-state index contributed by atoms with van der Waals surface area (Å²) in [6.45, 7) is 3.10. The number of cyclic esters (lactones) is 1. The predicted molar refractivity (Wildman–Crippen MR) is 40.2 cm³/mol. The molecule has 1 aliphatic heterocycles. The van der Waals surface area contributed by atoms with Gasteiger partial charge in [-0.1, -0.05) is 0 Å². The highest BCUT2D eigenvalue weighted by molar-refractivity contribution is 6.70. The summed E-state index contributed by atoms with van der Waals surface area (Å²) in [6.07, 6.45) is 1.02. The van der Waals surface area contributed by atoms with E-state index in [0.717, 1.165) is 6.26 Å². The summed E-state index contributed by atoms with van der Waals surface area (Å²) in [5.74, 6) is -1.78. The average molecular weight is 191 g/mol. The Morgan fingerprint density at radius 3 is 2.58 bits per heavy atom. The third-order valence-corrected chi connectivity index (χ3v) is 1.43. The van der Waals surface area contributed by atoms with Crippen molar-refractivity contribution in [2.45, 2.75) is 19.6 Å². The normalized spacial score (nSPS) is 20.6. The number of rotatable bonds is 1. The van der Waals surface area contributed by atoms with Gasteiger partial charge >= 0.3 is 5.97 Å². The Bertz CT molecular complexity index is 267. The fraction of sp³-hybridized carbons (Fsp3) is 0.429. The third kappa shape index (κ3) is 1.76. The Labute approximate surface area is 74.1 Å². The van der Waals surface area contributed by atoms with Gasteiger partial charge in [-0.25, -0.2) is 4.79 Å². The van der Waals surface area contributed by atoms with E-state index in [1.54, 1.807) is 13.8 Å². The van der Waals surface area contributed by atoms with Gasteiger partial charge < -0.3 is 9.47 Å². The van der Waals surface area contributed by atoms with Crippen molar-refractivity contribution in [2.24, 2.45) is 0 Å². The second kappa shape index (κ2) is 2.79. The number of esters is 1. The summed E-state index contributed by atoms with van der Waals surface area (Å²) in [7, 11) is 0. The molecule has 0 saturated carbocycles. The van der Waals surface area contributed by atoms with Crippen LogP contribution in [-0.2, 0) is 19.1 Å². The predicted octanol–water partition coefficient (Wildman–Crippen LogP) is 0.945. The molecule has 0 N–H and O–H groups in total. The molecule has 4 nitrogen and oxygen atoms in total. The van der Waals surface area contributed by atoms with Crippen molar-refractivity contribution in [1.82, 2.24) is 0 Å². The topological polar surface area (TPSA) is 52.6 Å². The van der Waals surface area contributed by atoms with E-state index in [0.29, 0.717) is 0 Å². The highest BCUT2D eigenvalue weighted by Crippen LogP contribution is 2.21. The van der Waals surface area contributed by atoms with Crippen molar-refractivity contribution < 1.29 is 19.1 Å². The van der Waals surface area contributed by atoms with Crippen LogP contribution in [0.2, 0.25) is 0 Å². The van der Waals surface area contributed by atoms with Gasteiger partial charge in [-0.05, 0) is 11.6 Å². The Morgan fingerprint density at radius 1 is 1.58 bits per heavy atom. The van der Waals surface area contributed by atoms with Gasteiger partial charge in [0.25, 0.3) is 5.24 Å². The van der Waals surface area contributed by atoms with E-state index in [2.05, 4.69) is 0 Å². The summed E-state index contributed by atoms with van der Waals surface area (Å²) in [5.41, 5.74) is -0.281. The number of carbonyl (C=O) groups excluding carboxylic acids is 2. The second-order valence-electron chi connectivity index (χ2n) is 2.71. The van der Waals surface area contributed by atoms with Gasteiger partial charge in [-0.2, -0.15) is 0 Å². The molecule has 0 saturated heterocycles. The Balaban J connectivity index is 2.89. The molecule has 0 fully saturated rings. The first-order chi connectivity index (χ1) is 5.42. The average Bonchev–Trinajstić information content (AvgIpc) is 1.83. The molecule has 1 rings (SSSR count). The standard InChI is InChI=1S/C7H7ClO4/c1-7(2)11-3-4(5(8)9)6(10)12-7/h3H,1-2H3. The summed E-state index contributed by atoms with van der Waals surface area (Å²) in [4.78, 5) is 21.5. The number of hydrogen-bond donors (Lipinski definition) is 0. The summed E-state index contributed by atoms with van der Waals surface area (Å²) >= 11 is 5.06. The Hall–Kier alpha value is -1.03. The minimum Gasteiger partial charge on any atom is -0.459 e. The van der Waals surface area contributed by atoms with Crippen molar-refractivity contribution in [1.29, 1.82) is 0 Å². The van der Waals surface area contributed by atoms with Crippen LogP contribution in [0.5, 0.6) is 0 Å². The Morgan fingerprint density at radius 2 is 2.17 bits per heavy atom. The molecule has 0 aromatic heterocycles. The van der Waals surface area contributed by atoms with Crippen molar-refractivity contribution in [2.75, 3.05) is 0 Å². The van der Waals surface area contributed by atoms with Gasteiger partial charge in [0, 0.05) is 13.8 Å². The quantitative estimate of drug-likeness (QED) is 0.351. The molecule has 12 heavy (non-hydrogen) atoms. The lowest BCUT2D eigenvalue weighted by molar-refractivity contribution is -0.201. The smallest absolute Gasteiger partial charge is 0.349 e. The lowest BCUT2D eigenvalue weighted by Gasteiger charge is -2.27. The van der Waals surface area contributed by atoms with E-state index in [-0.39, 0.29) is 5.57 Å². The minimum absolute atomic E-state index is 0.281. The molecule has 0 radical (unpaired) electrons. The molecule has 1 heterocycles. The first-order valence-corrected chi connectivity index (χ1v) is 3.61. The molecule has 0 unspecified atom stereocenters. The fourth-order valence-electron chi connectivity index (χ4n) is 0.678. The maximum Gasteiger partial charge on any atom is 0.349 e. The van der Waals surface area contributed by atoms with Gasteiger partial charge in [0.05, 0.1) is 0 Å². The molecule has 66 valence electrons. The lowest BCUT2D eigenvalue weighted by Crippen LogP contribution is -2.35. The molecule has 0 bridgehead atoms. The van der Waals surface area contributed by atoms with Crippen molar-refractivity contribution in [3.05, 3.63) is 11.8 Å². The number of ether oxygens (including phenoxy) is 2. The van der Waals surface area contributed by atoms with Crippen LogP contribution in [-0.4, -0.2) is 17.0 Å². The number of hydrogen-bond acceptors (Lipinski definition) is 4. The summed E-state index contributed by atoms with van der Waals surface area (Å²) in [6, 6.07) is 0. The summed E-state index contributed by atoms with van der Waals surface area (Å²) < 4.78 is 9.61. The number of carbonyl (C=O) groups is 2. The zero-order chi connectivity index (χ0) is 9.35. The first-order valence-electron chi connectivity index (χ1n) is 3.23. The van der Waals surface area contributed by atoms with E-state index in [4.69, 9.17) is 21.1 Å². The minimum atomic E-state index is -1.02. The molecule has 5 heteroatoms. The first kappa shape index (κ1) is 9.06. The lowest BCUT2D eigenvalue weighted by atomic mass is 10.3. The monoisotopic (exact) mass is 190 g/mol. The highest BCUT2D eigenvalue weighted by atomic mass is 35.5. The van der Waals surface area contributed by atoms with Gasteiger partial charge in [0.1, 0.15) is 6.26 Å². The molecule has 0 amide bonds. The Kier molecular flexibility index (Phi) is 2.10. The van der Waals surface area contributed by atoms with Crippen molar-refractivity contribution in [3.63, 3.8) is 0 Å². The summed E-state index contributed by atoms with van der Waals surface area (Å²) in [5, 5.41) is -0.879. The van der Waals surface area contributed by atoms with Crippen molar-refractivity contribution in [3.8, 4) is 0 Å². The molecular formula is C7H7ClO4. The van der Waals surface area contributed by atoms with E-state index in [9.17, 15) is 9.59 Å². The molecular weight excluding hydrogens is 184 g/mol.